The maximum atomic E-state index is 12.3. The van der Waals surface area contributed by atoms with Gasteiger partial charge in [0.25, 0.3) is 0 Å². The highest BCUT2D eigenvalue weighted by molar-refractivity contribution is 5.74. The Balaban J connectivity index is 1.42. The second kappa shape index (κ2) is 7.64. The number of nitrogens with one attached hydrogen (secondary N) is 2. The van der Waals surface area contributed by atoms with Crippen LogP contribution in [-0.4, -0.2) is 55.4 Å². The third-order valence-corrected chi connectivity index (χ3v) is 5.72. The van der Waals surface area contributed by atoms with Gasteiger partial charge in [0.15, 0.2) is 0 Å². The number of rotatable bonds is 4. The minimum atomic E-state index is -0.00720. The van der Waals surface area contributed by atoms with E-state index in [-0.39, 0.29) is 18.2 Å². The summed E-state index contributed by atoms with van der Waals surface area (Å²) >= 11 is 0. The number of urea groups is 1. The molecule has 5 nitrogen and oxygen atoms in total. The summed E-state index contributed by atoms with van der Waals surface area (Å²) in [5.74, 6) is 0. The van der Waals surface area contributed by atoms with Crippen LogP contribution in [0.5, 0.6) is 0 Å². The van der Waals surface area contributed by atoms with Gasteiger partial charge >= 0.3 is 6.03 Å². The number of carbonyl (C=O) groups excluding carboxylic acids is 1. The summed E-state index contributed by atoms with van der Waals surface area (Å²) in [6.45, 7) is 2.16. The largest absolute Gasteiger partial charge is 0.379 e. The van der Waals surface area contributed by atoms with Crippen molar-refractivity contribution >= 4 is 6.03 Å². The van der Waals surface area contributed by atoms with E-state index in [1.807, 2.05) is 0 Å². The Labute approximate surface area is 134 Å². The van der Waals surface area contributed by atoms with E-state index < -0.39 is 0 Å². The normalized spacial score (nSPS) is 34.0. The molecule has 3 fully saturated rings. The molecular formula is C17H31N3O2. The number of methoxy groups -OCH3 is 1. The summed E-state index contributed by atoms with van der Waals surface area (Å²) in [7, 11) is 1.75. The van der Waals surface area contributed by atoms with Gasteiger partial charge < -0.3 is 15.4 Å². The molecule has 1 saturated heterocycles. The van der Waals surface area contributed by atoms with Crippen LogP contribution in [-0.2, 0) is 4.74 Å². The molecule has 0 aromatic carbocycles. The third kappa shape index (κ3) is 3.93. The van der Waals surface area contributed by atoms with E-state index in [0.717, 1.165) is 38.4 Å². The zero-order valence-corrected chi connectivity index (χ0v) is 13.9. The van der Waals surface area contributed by atoms with Crippen LogP contribution in [0.25, 0.3) is 0 Å². The SMILES string of the molecule is CO[C@@H]1CCCC[C@H]1NC(=O)N[C@H]1CCN(C2CCCC2)C1. The van der Waals surface area contributed by atoms with E-state index in [1.54, 1.807) is 7.11 Å². The Bertz CT molecular complexity index is 371. The monoisotopic (exact) mass is 309 g/mol. The van der Waals surface area contributed by atoms with Gasteiger partial charge in [-0.05, 0) is 32.1 Å². The lowest BCUT2D eigenvalue weighted by molar-refractivity contribution is 0.0450. The Hall–Kier alpha value is -0.810. The summed E-state index contributed by atoms with van der Waals surface area (Å²) < 4.78 is 5.51. The average molecular weight is 309 g/mol. The highest BCUT2D eigenvalue weighted by atomic mass is 16.5. The molecule has 2 saturated carbocycles. The second-order valence-electron chi connectivity index (χ2n) is 7.20. The second-order valence-corrected chi connectivity index (χ2v) is 7.20. The van der Waals surface area contributed by atoms with E-state index in [0.29, 0.717) is 6.04 Å². The van der Waals surface area contributed by atoms with Crippen molar-refractivity contribution in [2.75, 3.05) is 20.2 Å². The Kier molecular flexibility index (Phi) is 5.58. The molecule has 3 aliphatic rings. The van der Waals surface area contributed by atoms with Gasteiger partial charge in [0.1, 0.15) is 0 Å². The zero-order valence-electron chi connectivity index (χ0n) is 13.9. The molecule has 0 aromatic rings. The molecule has 1 heterocycles. The fraction of sp³-hybridized carbons (Fsp3) is 0.941. The van der Waals surface area contributed by atoms with Gasteiger partial charge in [-0.1, -0.05) is 25.7 Å². The highest BCUT2D eigenvalue weighted by Crippen LogP contribution is 2.26. The van der Waals surface area contributed by atoms with Gasteiger partial charge in [0, 0.05) is 32.3 Å². The zero-order chi connectivity index (χ0) is 15.4. The van der Waals surface area contributed by atoms with E-state index >= 15 is 0 Å². The molecule has 2 aliphatic carbocycles. The van der Waals surface area contributed by atoms with Crippen LogP contribution in [0.3, 0.4) is 0 Å². The molecule has 0 spiro atoms. The molecule has 3 rings (SSSR count). The van der Waals surface area contributed by atoms with Crippen molar-refractivity contribution in [2.45, 2.75) is 82.0 Å². The van der Waals surface area contributed by atoms with Crippen molar-refractivity contribution in [3.05, 3.63) is 0 Å². The number of carbonyl (C=O) groups is 1. The van der Waals surface area contributed by atoms with E-state index in [1.165, 1.54) is 38.5 Å². The Morgan fingerprint density at radius 2 is 1.73 bits per heavy atom. The maximum absolute atomic E-state index is 12.3. The lowest BCUT2D eigenvalue weighted by atomic mass is 9.92. The minimum absolute atomic E-state index is 0.00720. The van der Waals surface area contributed by atoms with Crippen molar-refractivity contribution in [3.63, 3.8) is 0 Å². The average Bonchev–Trinajstić information content (AvgIpc) is 3.18. The fourth-order valence-corrected chi connectivity index (χ4v) is 4.45. The van der Waals surface area contributed by atoms with Gasteiger partial charge in [0.2, 0.25) is 0 Å². The molecule has 0 bridgehead atoms. The number of hydrogen-bond donors (Lipinski definition) is 2. The predicted molar refractivity (Wildman–Crippen MR) is 87.0 cm³/mol. The smallest absolute Gasteiger partial charge is 0.315 e. The molecule has 2 N–H and O–H groups in total. The summed E-state index contributed by atoms with van der Waals surface area (Å²) in [5.41, 5.74) is 0. The van der Waals surface area contributed by atoms with Gasteiger partial charge in [0.05, 0.1) is 12.1 Å². The van der Waals surface area contributed by atoms with Crippen LogP contribution in [0.4, 0.5) is 4.79 Å². The van der Waals surface area contributed by atoms with Crippen LogP contribution >= 0.6 is 0 Å². The topological polar surface area (TPSA) is 53.6 Å². The first kappa shape index (κ1) is 16.1. The summed E-state index contributed by atoms with van der Waals surface area (Å²) in [5, 5.41) is 6.31. The molecular weight excluding hydrogens is 278 g/mol. The lowest BCUT2D eigenvalue weighted by Gasteiger charge is -2.31. The number of ether oxygens (including phenoxy) is 1. The van der Waals surface area contributed by atoms with Gasteiger partial charge in [-0.3, -0.25) is 4.90 Å². The molecule has 5 heteroatoms. The first-order chi connectivity index (χ1) is 10.8. The van der Waals surface area contributed by atoms with Gasteiger partial charge in [-0.25, -0.2) is 4.79 Å². The van der Waals surface area contributed by atoms with Crippen LogP contribution in [0.1, 0.15) is 57.8 Å². The van der Waals surface area contributed by atoms with Crippen molar-refractivity contribution in [2.24, 2.45) is 0 Å². The number of amides is 2. The molecule has 2 amide bonds. The Morgan fingerprint density at radius 3 is 2.50 bits per heavy atom. The number of hydrogen-bond acceptors (Lipinski definition) is 3. The summed E-state index contributed by atoms with van der Waals surface area (Å²) in [6.07, 6.45) is 11.2. The van der Waals surface area contributed by atoms with Crippen molar-refractivity contribution in [3.8, 4) is 0 Å². The first-order valence-corrected chi connectivity index (χ1v) is 9.10. The van der Waals surface area contributed by atoms with Crippen molar-refractivity contribution < 1.29 is 9.53 Å². The van der Waals surface area contributed by atoms with E-state index in [4.69, 9.17) is 4.74 Å². The predicted octanol–water partition coefficient (Wildman–Crippen LogP) is 2.26. The quantitative estimate of drug-likeness (QED) is 0.837. The maximum Gasteiger partial charge on any atom is 0.315 e. The molecule has 0 radical (unpaired) electrons. The van der Waals surface area contributed by atoms with Gasteiger partial charge in [-0.2, -0.15) is 0 Å². The van der Waals surface area contributed by atoms with Crippen molar-refractivity contribution in [1.82, 2.24) is 15.5 Å². The summed E-state index contributed by atoms with van der Waals surface area (Å²) in [6, 6.07) is 1.24. The van der Waals surface area contributed by atoms with Crippen molar-refractivity contribution in [1.29, 1.82) is 0 Å². The molecule has 3 atom stereocenters. The lowest BCUT2D eigenvalue weighted by Crippen LogP contribution is -2.52. The highest BCUT2D eigenvalue weighted by Gasteiger charge is 2.31. The molecule has 0 aromatic heterocycles. The molecule has 1 aliphatic heterocycles. The molecule has 22 heavy (non-hydrogen) atoms. The minimum Gasteiger partial charge on any atom is -0.379 e. The summed E-state index contributed by atoms with van der Waals surface area (Å²) in [4.78, 5) is 14.8. The van der Waals surface area contributed by atoms with Crippen LogP contribution in [0, 0.1) is 0 Å². The Morgan fingerprint density at radius 1 is 1.00 bits per heavy atom. The van der Waals surface area contributed by atoms with Crippen LogP contribution in [0.2, 0.25) is 0 Å². The van der Waals surface area contributed by atoms with Crippen LogP contribution < -0.4 is 10.6 Å². The van der Waals surface area contributed by atoms with Crippen LogP contribution in [0.15, 0.2) is 0 Å². The van der Waals surface area contributed by atoms with E-state index in [2.05, 4.69) is 15.5 Å². The first-order valence-electron chi connectivity index (χ1n) is 9.10. The molecule has 0 unspecified atom stereocenters. The fourth-order valence-electron chi connectivity index (χ4n) is 4.45. The standard InChI is InChI=1S/C17H31N3O2/c1-22-16-9-5-4-8-15(16)19-17(21)18-13-10-11-20(12-13)14-6-2-3-7-14/h13-16H,2-12H2,1H3,(H2,18,19,21)/t13-,15+,16+/m0/s1. The number of likely N-dealkylation sites (tertiary alicyclic amines) is 1. The third-order valence-electron chi connectivity index (χ3n) is 5.72. The molecule has 126 valence electrons. The number of nitrogens with zero attached hydrogens (tertiary/aromatic N) is 1. The van der Waals surface area contributed by atoms with Gasteiger partial charge in [-0.15, -0.1) is 0 Å². The van der Waals surface area contributed by atoms with E-state index in [9.17, 15) is 4.79 Å².